The number of rotatable bonds is 3. The van der Waals surface area contributed by atoms with Crippen LogP contribution >= 0.6 is 0 Å². The molecule has 0 fully saturated rings. The lowest BCUT2D eigenvalue weighted by atomic mass is 10.1. The number of hydrogen-bond donors (Lipinski definition) is 1. The minimum absolute atomic E-state index is 0.0408. The van der Waals surface area contributed by atoms with Gasteiger partial charge >= 0.3 is 0 Å². The molecule has 0 radical (unpaired) electrons. The summed E-state index contributed by atoms with van der Waals surface area (Å²) in [7, 11) is 0. The molecule has 0 aliphatic rings. The lowest BCUT2D eigenvalue weighted by molar-refractivity contribution is 0.503. The van der Waals surface area contributed by atoms with Gasteiger partial charge in [-0.3, -0.25) is 5.32 Å². The van der Waals surface area contributed by atoms with E-state index in [9.17, 15) is 8.78 Å². The second-order valence-corrected chi connectivity index (χ2v) is 3.20. The Morgan fingerprint density at radius 3 is 2.67 bits per heavy atom. The third kappa shape index (κ3) is 3.34. The van der Waals surface area contributed by atoms with Crippen molar-refractivity contribution in [2.45, 2.75) is 19.9 Å². The SMILES string of the molecule is CC#CCNC(C)c1ccc(F)c(F)c1. The molecule has 0 amide bonds. The molecule has 1 N–H and O–H groups in total. The van der Waals surface area contributed by atoms with E-state index in [1.54, 1.807) is 13.0 Å². The van der Waals surface area contributed by atoms with Crippen LogP contribution in [0.2, 0.25) is 0 Å². The second-order valence-electron chi connectivity index (χ2n) is 3.20. The molecule has 1 nitrogen and oxygen atoms in total. The summed E-state index contributed by atoms with van der Waals surface area (Å²) in [6, 6.07) is 3.86. The van der Waals surface area contributed by atoms with E-state index in [-0.39, 0.29) is 6.04 Å². The first kappa shape index (κ1) is 11.7. The normalized spacial score (nSPS) is 11.7. The van der Waals surface area contributed by atoms with Crippen molar-refractivity contribution in [3.05, 3.63) is 35.4 Å². The standard InChI is InChI=1S/C12H13F2N/c1-3-4-7-15-9(2)10-5-6-11(13)12(14)8-10/h5-6,8-9,15H,7H2,1-2H3. The van der Waals surface area contributed by atoms with Gasteiger partial charge in [0.15, 0.2) is 11.6 Å². The fourth-order valence-corrected chi connectivity index (χ4v) is 1.19. The summed E-state index contributed by atoms with van der Waals surface area (Å²) in [5, 5.41) is 3.08. The first-order valence-electron chi connectivity index (χ1n) is 4.73. The highest BCUT2D eigenvalue weighted by Crippen LogP contribution is 2.15. The van der Waals surface area contributed by atoms with E-state index in [0.717, 1.165) is 6.07 Å². The molecule has 0 saturated carbocycles. The summed E-state index contributed by atoms with van der Waals surface area (Å²) < 4.78 is 25.5. The van der Waals surface area contributed by atoms with Crippen LogP contribution in [0.25, 0.3) is 0 Å². The Kier molecular flexibility index (Phi) is 4.26. The van der Waals surface area contributed by atoms with Crippen LogP contribution in [0.3, 0.4) is 0 Å². The van der Waals surface area contributed by atoms with Crippen LogP contribution in [0.1, 0.15) is 25.5 Å². The lowest BCUT2D eigenvalue weighted by Gasteiger charge is -2.12. The number of nitrogens with one attached hydrogen (secondary N) is 1. The highest BCUT2D eigenvalue weighted by Gasteiger charge is 2.07. The Morgan fingerprint density at radius 2 is 2.07 bits per heavy atom. The van der Waals surface area contributed by atoms with Crippen LogP contribution in [0, 0.1) is 23.5 Å². The second kappa shape index (κ2) is 5.47. The first-order valence-corrected chi connectivity index (χ1v) is 4.73. The minimum atomic E-state index is -0.820. The van der Waals surface area contributed by atoms with Gasteiger partial charge < -0.3 is 0 Å². The molecule has 3 heteroatoms. The Labute approximate surface area is 88.5 Å². The highest BCUT2D eigenvalue weighted by atomic mass is 19.2. The van der Waals surface area contributed by atoms with Crippen molar-refractivity contribution in [3.63, 3.8) is 0 Å². The van der Waals surface area contributed by atoms with E-state index in [2.05, 4.69) is 17.2 Å². The summed E-state index contributed by atoms with van der Waals surface area (Å²) in [4.78, 5) is 0. The maximum Gasteiger partial charge on any atom is 0.159 e. The Balaban J connectivity index is 2.68. The molecule has 0 aliphatic carbocycles. The van der Waals surface area contributed by atoms with Crippen molar-refractivity contribution in [1.29, 1.82) is 0 Å². The van der Waals surface area contributed by atoms with E-state index in [4.69, 9.17) is 0 Å². The molecule has 1 unspecified atom stereocenters. The van der Waals surface area contributed by atoms with Gasteiger partial charge in [0.05, 0.1) is 6.54 Å². The van der Waals surface area contributed by atoms with Crippen LogP contribution in [-0.2, 0) is 0 Å². The lowest BCUT2D eigenvalue weighted by Crippen LogP contribution is -2.18. The Morgan fingerprint density at radius 1 is 1.33 bits per heavy atom. The van der Waals surface area contributed by atoms with Crippen molar-refractivity contribution in [1.82, 2.24) is 5.32 Å². The van der Waals surface area contributed by atoms with Gasteiger partial charge in [-0.2, -0.15) is 0 Å². The van der Waals surface area contributed by atoms with Gasteiger partial charge in [0, 0.05) is 6.04 Å². The molecule has 1 rings (SSSR count). The quantitative estimate of drug-likeness (QED) is 0.754. The molecule has 0 aliphatic heterocycles. The summed E-state index contributed by atoms with van der Waals surface area (Å²) in [5.41, 5.74) is 0.715. The summed E-state index contributed by atoms with van der Waals surface area (Å²) in [6.45, 7) is 4.17. The Bertz CT molecular complexity index is 390. The van der Waals surface area contributed by atoms with Crippen LogP contribution < -0.4 is 5.32 Å². The molecule has 1 atom stereocenters. The number of benzene rings is 1. The third-order valence-corrected chi connectivity index (χ3v) is 2.12. The third-order valence-electron chi connectivity index (χ3n) is 2.12. The minimum Gasteiger partial charge on any atom is -0.300 e. The van der Waals surface area contributed by atoms with Crippen molar-refractivity contribution in [2.24, 2.45) is 0 Å². The summed E-state index contributed by atoms with van der Waals surface area (Å²) in [5.74, 6) is 3.96. The van der Waals surface area contributed by atoms with Crippen molar-refractivity contribution >= 4 is 0 Å². The van der Waals surface area contributed by atoms with Gasteiger partial charge in [-0.05, 0) is 31.5 Å². The van der Waals surface area contributed by atoms with E-state index in [1.807, 2.05) is 6.92 Å². The average molecular weight is 209 g/mol. The summed E-state index contributed by atoms with van der Waals surface area (Å²) >= 11 is 0. The molecule has 80 valence electrons. The monoisotopic (exact) mass is 209 g/mol. The molecule has 0 heterocycles. The smallest absolute Gasteiger partial charge is 0.159 e. The molecule has 1 aromatic carbocycles. The van der Waals surface area contributed by atoms with E-state index in [1.165, 1.54) is 6.07 Å². The van der Waals surface area contributed by atoms with Gasteiger partial charge in [0.1, 0.15) is 0 Å². The van der Waals surface area contributed by atoms with Crippen LogP contribution in [-0.4, -0.2) is 6.54 Å². The average Bonchev–Trinajstić information content (AvgIpc) is 2.22. The van der Waals surface area contributed by atoms with E-state index >= 15 is 0 Å². The highest BCUT2D eigenvalue weighted by molar-refractivity contribution is 5.21. The predicted octanol–water partition coefficient (Wildman–Crippen LogP) is 2.64. The molecular formula is C12H13F2N. The maximum absolute atomic E-state index is 12.9. The molecule has 0 bridgehead atoms. The largest absolute Gasteiger partial charge is 0.300 e. The fourth-order valence-electron chi connectivity index (χ4n) is 1.19. The van der Waals surface area contributed by atoms with E-state index < -0.39 is 11.6 Å². The topological polar surface area (TPSA) is 12.0 Å². The molecule has 0 spiro atoms. The molecule has 1 aromatic rings. The predicted molar refractivity (Wildman–Crippen MR) is 56.2 cm³/mol. The molecule has 15 heavy (non-hydrogen) atoms. The van der Waals surface area contributed by atoms with E-state index in [0.29, 0.717) is 12.1 Å². The van der Waals surface area contributed by atoms with Crippen molar-refractivity contribution < 1.29 is 8.78 Å². The zero-order valence-electron chi connectivity index (χ0n) is 8.77. The van der Waals surface area contributed by atoms with Gasteiger partial charge in [-0.1, -0.05) is 12.0 Å². The fraction of sp³-hybridized carbons (Fsp3) is 0.333. The number of halogens is 2. The maximum atomic E-state index is 12.9. The van der Waals surface area contributed by atoms with Crippen molar-refractivity contribution in [2.75, 3.05) is 6.54 Å². The van der Waals surface area contributed by atoms with Gasteiger partial charge in [-0.15, -0.1) is 5.92 Å². The Hall–Kier alpha value is -1.40. The van der Waals surface area contributed by atoms with Crippen LogP contribution in [0.5, 0.6) is 0 Å². The van der Waals surface area contributed by atoms with Gasteiger partial charge in [0.25, 0.3) is 0 Å². The zero-order chi connectivity index (χ0) is 11.3. The zero-order valence-corrected chi connectivity index (χ0v) is 8.77. The van der Waals surface area contributed by atoms with Gasteiger partial charge in [-0.25, -0.2) is 8.78 Å². The van der Waals surface area contributed by atoms with Crippen molar-refractivity contribution in [3.8, 4) is 11.8 Å². The van der Waals surface area contributed by atoms with Crippen LogP contribution in [0.4, 0.5) is 8.78 Å². The number of hydrogen-bond acceptors (Lipinski definition) is 1. The van der Waals surface area contributed by atoms with Crippen LogP contribution in [0.15, 0.2) is 18.2 Å². The molecular weight excluding hydrogens is 196 g/mol. The van der Waals surface area contributed by atoms with Gasteiger partial charge in [0.2, 0.25) is 0 Å². The first-order chi connectivity index (χ1) is 7.15. The molecule has 0 saturated heterocycles. The molecule has 0 aromatic heterocycles. The summed E-state index contributed by atoms with van der Waals surface area (Å²) in [6.07, 6.45) is 0.